The fourth-order valence-electron chi connectivity index (χ4n) is 3.11. The maximum atomic E-state index is 12.6. The lowest BCUT2D eigenvalue weighted by Crippen LogP contribution is -2.22. The van der Waals surface area contributed by atoms with Gasteiger partial charge < -0.3 is 4.57 Å². The van der Waals surface area contributed by atoms with Crippen molar-refractivity contribution < 1.29 is 8.42 Å². The van der Waals surface area contributed by atoms with Crippen molar-refractivity contribution in [3.8, 4) is 6.07 Å². The lowest BCUT2D eigenvalue weighted by Gasteiger charge is -2.25. The zero-order valence-corrected chi connectivity index (χ0v) is 13.3. The molecule has 4 nitrogen and oxygen atoms in total. The largest absolute Gasteiger partial charge is 0.336 e. The van der Waals surface area contributed by atoms with Gasteiger partial charge in [0, 0.05) is 18.2 Å². The third-order valence-electron chi connectivity index (χ3n) is 4.28. The van der Waals surface area contributed by atoms with E-state index in [9.17, 15) is 8.42 Å². The summed E-state index contributed by atoms with van der Waals surface area (Å²) in [4.78, 5) is 0.377. The number of benzene rings is 1. The Labute approximate surface area is 130 Å². The first-order valence-electron chi connectivity index (χ1n) is 7.40. The Balaban J connectivity index is 1.90. The highest BCUT2D eigenvalue weighted by Crippen LogP contribution is 2.32. The molecule has 0 bridgehead atoms. The summed E-state index contributed by atoms with van der Waals surface area (Å²) in [6.45, 7) is 2.74. The summed E-state index contributed by atoms with van der Waals surface area (Å²) in [5.74, 6) is 0.0625. The number of sulfone groups is 1. The molecule has 3 rings (SSSR count). The molecule has 0 spiro atoms. The zero-order valence-electron chi connectivity index (χ0n) is 12.5. The average molecular weight is 314 g/mol. The molecule has 114 valence electrons. The predicted octanol–water partition coefficient (Wildman–Crippen LogP) is 3.02. The topological polar surface area (TPSA) is 62.9 Å². The van der Waals surface area contributed by atoms with Crippen LogP contribution < -0.4 is 0 Å². The number of nitriles is 1. The molecule has 2 heterocycles. The molecule has 1 atom stereocenters. The molecule has 0 amide bonds. The van der Waals surface area contributed by atoms with Crippen molar-refractivity contribution in [3.63, 3.8) is 0 Å². The fraction of sp³-hybridized carbons (Fsp3) is 0.353. The van der Waals surface area contributed by atoms with Crippen LogP contribution >= 0.6 is 0 Å². The smallest absolute Gasteiger partial charge is 0.179 e. The van der Waals surface area contributed by atoms with Crippen molar-refractivity contribution in [1.29, 1.82) is 5.26 Å². The molecule has 5 heteroatoms. The van der Waals surface area contributed by atoms with Gasteiger partial charge in [0.15, 0.2) is 9.84 Å². The Hall–Kier alpha value is -2.06. The molecule has 0 saturated carbocycles. The summed E-state index contributed by atoms with van der Waals surface area (Å²) in [5, 5.41) is 9.12. The average Bonchev–Trinajstić information content (AvgIpc) is 2.91. The summed E-state index contributed by atoms with van der Waals surface area (Å²) in [5.41, 5.74) is 2.63. The molecule has 0 saturated heterocycles. The Morgan fingerprint density at radius 3 is 2.64 bits per heavy atom. The van der Waals surface area contributed by atoms with Crippen molar-refractivity contribution in [2.45, 2.75) is 37.1 Å². The fourth-order valence-corrected chi connectivity index (χ4v) is 4.72. The Morgan fingerprint density at radius 2 is 1.95 bits per heavy atom. The molecule has 0 aliphatic carbocycles. The summed E-state index contributed by atoms with van der Waals surface area (Å²) < 4.78 is 27.2. The maximum absolute atomic E-state index is 12.6. The van der Waals surface area contributed by atoms with Crippen molar-refractivity contribution in [3.05, 3.63) is 53.3 Å². The van der Waals surface area contributed by atoms with Gasteiger partial charge in [-0.25, -0.2) is 8.42 Å². The number of fused-ring (bicyclic) bond motifs is 1. The van der Waals surface area contributed by atoms with Crippen LogP contribution in [0.5, 0.6) is 0 Å². The lowest BCUT2D eigenvalue weighted by molar-refractivity contribution is 0.469. The molecule has 1 aliphatic heterocycles. The van der Waals surface area contributed by atoms with E-state index < -0.39 is 9.84 Å². The molecular formula is C17H18N2O2S. The molecular weight excluding hydrogens is 296 g/mol. The van der Waals surface area contributed by atoms with E-state index in [1.807, 2.05) is 29.7 Å². The van der Waals surface area contributed by atoms with Crippen molar-refractivity contribution in [2.24, 2.45) is 0 Å². The second-order valence-electron chi connectivity index (χ2n) is 5.84. The number of hydrogen-bond acceptors (Lipinski definition) is 3. The van der Waals surface area contributed by atoms with E-state index in [0.29, 0.717) is 10.6 Å². The number of aryl methyl sites for hydroxylation is 1. The minimum absolute atomic E-state index is 0.0397. The molecule has 1 unspecified atom stereocenters. The SMILES string of the molecule is Cc1ccc(S(=O)(=O)CC2CCCn3c(C#N)ccc32)cc1. The highest BCUT2D eigenvalue weighted by molar-refractivity contribution is 7.91. The van der Waals surface area contributed by atoms with E-state index >= 15 is 0 Å². The van der Waals surface area contributed by atoms with Crippen LogP contribution in [0.3, 0.4) is 0 Å². The third kappa shape index (κ3) is 2.67. The van der Waals surface area contributed by atoms with Gasteiger partial charge in [-0.2, -0.15) is 5.26 Å². The molecule has 0 radical (unpaired) electrons. The third-order valence-corrected chi connectivity index (χ3v) is 6.11. The van der Waals surface area contributed by atoms with E-state index in [1.54, 1.807) is 18.2 Å². The van der Waals surface area contributed by atoms with Gasteiger partial charge in [-0.1, -0.05) is 17.7 Å². The van der Waals surface area contributed by atoms with Crippen LogP contribution in [0.4, 0.5) is 0 Å². The second kappa shape index (κ2) is 5.62. The maximum Gasteiger partial charge on any atom is 0.179 e. The number of aromatic nitrogens is 1. The lowest BCUT2D eigenvalue weighted by atomic mass is 9.98. The number of hydrogen-bond donors (Lipinski definition) is 0. The first-order chi connectivity index (χ1) is 10.5. The minimum Gasteiger partial charge on any atom is -0.336 e. The van der Waals surface area contributed by atoms with Crippen LogP contribution in [-0.4, -0.2) is 18.7 Å². The standard InChI is InChI=1S/C17H18N2O2S/c1-13-4-7-16(8-5-13)22(20,21)12-14-3-2-10-19-15(11-18)6-9-17(14)19/h4-9,14H,2-3,10,12H2,1H3. The van der Waals surface area contributed by atoms with E-state index in [1.165, 1.54) is 0 Å². The van der Waals surface area contributed by atoms with Crippen LogP contribution in [0.2, 0.25) is 0 Å². The molecule has 22 heavy (non-hydrogen) atoms. The first-order valence-corrected chi connectivity index (χ1v) is 9.05. The van der Waals surface area contributed by atoms with Gasteiger partial charge >= 0.3 is 0 Å². The van der Waals surface area contributed by atoms with Gasteiger partial charge in [-0.05, 0) is 44.0 Å². The van der Waals surface area contributed by atoms with Gasteiger partial charge in [-0.3, -0.25) is 0 Å². The molecule has 2 aromatic rings. The molecule has 1 aromatic carbocycles. The van der Waals surface area contributed by atoms with Crippen LogP contribution in [0.15, 0.2) is 41.3 Å². The van der Waals surface area contributed by atoms with Gasteiger partial charge in [0.2, 0.25) is 0 Å². The molecule has 0 fully saturated rings. The number of rotatable bonds is 3. The van der Waals surface area contributed by atoms with Crippen LogP contribution in [0.25, 0.3) is 0 Å². The van der Waals surface area contributed by atoms with Crippen LogP contribution in [-0.2, 0) is 16.4 Å². The summed E-state index contributed by atoms with van der Waals surface area (Å²) in [6.07, 6.45) is 1.75. The summed E-state index contributed by atoms with van der Waals surface area (Å²) in [6, 6.07) is 12.8. The summed E-state index contributed by atoms with van der Waals surface area (Å²) in [7, 11) is -3.31. The van der Waals surface area contributed by atoms with Crippen LogP contribution in [0.1, 0.15) is 35.7 Å². The number of nitrogens with zero attached hydrogens (tertiary/aromatic N) is 2. The highest BCUT2D eigenvalue weighted by atomic mass is 32.2. The zero-order chi connectivity index (χ0) is 15.7. The molecule has 0 N–H and O–H groups in total. The Morgan fingerprint density at radius 1 is 1.23 bits per heavy atom. The van der Waals surface area contributed by atoms with Gasteiger partial charge in [0.05, 0.1) is 10.6 Å². The Bertz CT molecular complexity index is 827. The van der Waals surface area contributed by atoms with E-state index in [2.05, 4.69) is 6.07 Å². The van der Waals surface area contributed by atoms with Gasteiger partial charge in [-0.15, -0.1) is 0 Å². The second-order valence-corrected chi connectivity index (χ2v) is 7.87. The molecule has 1 aliphatic rings. The Kier molecular flexibility index (Phi) is 3.79. The minimum atomic E-state index is -3.31. The first kappa shape index (κ1) is 14.9. The normalized spacial score (nSPS) is 17.7. The van der Waals surface area contributed by atoms with Crippen molar-refractivity contribution >= 4 is 9.84 Å². The van der Waals surface area contributed by atoms with Crippen molar-refractivity contribution in [1.82, 2.24) is 4.57 Å². The monoisotopic (exact) mass is 314 g/mol. The van der Waals surface area contributed by atoms with E-state index in [0.717, 1.165) is 30.6 Å². The highest BCUT2D eigenvalue weighted by Gasteiger charge is 2.28. The van der Waals surface area contributed by atoms with E-state index in [4.69, 9.17) is 5.26 Å². The van der Waals surface area contributed by atoms with Crippen LogP contribution in [0, 0.1) is 18.3 Å². The predicted molar refractivity (Wildman–Crippen MR) is 84.4 cm³/mol. The quantitative estimate of drug-likeness (QED) is 0.875. The summed E-state index contributed by atoms with van der Waals surface area (Å²) >= 11 is 0. The van der Waals surface area contributed by atoms with Gasteiger partial charge in [0.1, 0.15) is 11.8 Å². The molecule has 1 aromatic heterocycles. The van der Waals surface area contributed by atoms with E-state index in [-0.39, 0.29) is 11.7 Å². The van der Waals surface area contributed by atoms with Crippen molar-refractivity contribution in [2.75, 3.05) is 5.75 Å². The van der Waals surface area contributed by atoms with Gasteiger partial charge in [0.25, 0.3) is 0 Å².